The Bertz CT molecular complexity index is 311. The maximum absolute atomic E-state index is 12.8. The standard InChI is InChI=1S/C9H6F2O/c1-2-8(12)9-6(10)4-3-5-7(9)11/h2-5H,1H2. The average Bonchev–Trinajstić information content (AvgIpc) is 2.03. The van der Waals surface area contributed by atoms with Crippen molar-refractivity contribution in [2.24, 2.45) is 0 Å². The molecule has 1 nitrogen and oxygen atoms in total. The van der Waals surface area contributed by atoms with Gasteiger partial charge in [0.1, 0.15) is 11.6 Å². The van der Waals surface area contributed by atoms with Gasteiger partial charge < -0.3 is 0 Å². The lowest BCUT2D eigenvalue weighted by Gasteiger charge is -1.98. The molecule has 0 N–H and O–H groups in total. The highest BCUT2D eigenvalue weighted by Gasteiger charge is 2.13. The van der Waals surface area contributed by atoms with Crippen LogP contribution in [0.3, 0.4) is 0 Å². The Kier molecular flexibility index (Phi) is 2.33. The maximum atomic E-state index is 12.8. The van der Waals surface area contributed by atoms with E-state index in [0.29, 0.717) is 0 Å². The van der Waals surface area contributed by atoms with Crippen LogP contribution in [0.25, 0.3) is 0 Å². The number of halogens is 2. The molecule has 0 amide bonds. The summed E-state index contributed by atoms with van der Waals surface area (Å²) in [7, 11) is 0. The second-order valence-corrected chi connectivity index (χ2v) is 2.17. The van der Waals surface area contributed by atoms with E-state index in [4.69, 9.17) is 0 Å². The lowest BCUT2D eigenvalue weighted by molar-refractivity contribution is 0.103. The van der Waals surface area contributed by atoms with Crippen LogP contribution >= 0.6 is 0 Å². The molecule has 12 heavy (non-hydrogen) atoms. The quantitative estimate of drug-likeness (QED) is 0.489. The second kappa shape index (κ2) is 3.26. The van der Waals surface area contributed by atoms with Crippen LogP contribution in [-0.2, 0) is 0 Å². The number of carbonyl (C=O) groups excluding carboxylic acids is 1. The minimum atomic E-state index is -0.861. The molecule has 0 radical (unpaired) electrons. The molecule has 0 aromatic heterocycles. The van der Waals surface area contributed by atoms with E-state index < -0.39 is 23.0 Å². The molecule has 0 atom stereocenters. The van der Waals surface area contributed by atoms with E-state index in [1.54, 1.807) is 0 Å². The summed E-state index contributed by atoms with van der Waals surface area (Å²) in [6, 6.07) is 3.25. The molecule has 1 rings (SSSR count). The lowest BCUT2D eigenvalue weighted by atomic mass is 10.1. The van der Waals surface area contributed by atoms with Gasteiger partial charge in [-0.1, -0.05) is 12.6 Å². The third kappa shape index (κ3) is 1.39. The van der Waals surface area contributed by atoms with Crippen molar-refractivity contribution in [2.75, 3.05) is 0 Å². The molecule has 0 unspecified atom stereocenters. The lowest BCUT2D eigenvalue weighted by Crippen LogP contribution is -2.01. The fourth-order valence-electron chi connectivity index (χ4n) is 0.835. The van der Waals surface area contributed by atoms with Crippen LogP contribution in [-0.4, -0.2) is 5.78 Å². The van der Waals surface area contributed by atoms with E-state index in [9.17, 15) is 13.6 Å². The topological polar surface area (TPSA) is 17.1 Å². The minimum absolute atomic E-state index is 0.549. The van der Waals surface area contributed by atoms with Gasteiger partial charge in [-0.3, -0.25) is 4.79 Å². The molecule has 0 bridgehead atoms. The van der Waals surface area contributed by atoms with Crippen LogP contribution in [0.2, 0.25) is 0 Å². The molecular formula is C9H6F2O. The van der Waals surface area contributed by atoms with E-state index in [0.717, 1.165) is 18.2 Å². The predicted octanol–water partition coefficient (Wildman–Crippen LogP) is 2.33. The number of hydrogen-bond donors (Lipinski definition) is 0. The first-order valence-corrected chi connectivity index (χ1v) is 3.27. The Labute approximate surface area is 68.3 Å². The van der Waals surface area contributed by atoms with Gasteiger partial charge in [0, 0.05) is 0 Å². The molecule has 3 heteroatoms. The van der Waals surface area contributed by atoms with Crippen molar-refractivity contribution in [1.82, 2.24) is 0 Å². The van der Waals surface area contributed by atoms with E-state index in [1.807, 2.05) is 0 Å². The van der Waals surface area contributed by atoms with Crippen LogP contribution in [0.4, 0.5) is 8.78 Å². The highest BCUT2D eigenvalue weighted by Crippen LogP contribution is 2.12. The van der Waals surface area contributed by atoms with Crippen molar-refractivity contribution in [3.63, 3.8) is 0 Å². The van der Waals surface area contributed by atoms with Crippen LogP contribution in [0.15, 0.2) is 30.9 Å². The molecule has 0 saturated heterocycles. The number of allylic oxidation sites excluding steroid dienone is 1. The van der Waals surface area contributed by atoms with Crippen LogP contribution in [0.5, 0.6) is 0 Å². The van der Waals surface area contributed by atoms with Crippen LogP contribution in [0, 0.1) is 11.6 Å². The normalized spacial score (nSPS) is 9.50. The SMILES string of the molecule is C=CC(=O)c1c(F)cccc1F. The Morgan fingerprint density at radius 2 is 1.83 bits per heavy atom. The van der Waals surface area contributed by atoms with Crippen molar-refractivity contribution in [3.8, 4) is 0 Å². The molecule has 1 aromatic rings. The summed E-state index contributed by atoms with van der Waals surface area (Å²) in [4.78, 5) is 10.9. The van der Waals surface area contributed by atoms with Crippen molar-refractivity contribution in [2.45, 2.75) is 0 Å². The smallest absolute Gasteiger partial charge is 0.191 e. The average molecular weight is 168 g/mol. The maximum Gasteiger partial charge on any atom is 0.191 e. The summed E-state index contributed by atoms with van der Waals surface area (Å²) in [6.07, 6.45) is 0.876. The minimum Gasteiger partial charge on any atom is -0.289 e. The predicted molar refractivity (Wildman–Crippen MR) is 40.9 cm³/mol. The van der Waals surface area contributed by atoms with Gasteiger partial charge in [-0.05, 0) is 18.2 Å². The third-order valence-electron chi connectivity index (χ3n) is 1.39. The van der Waals surface area contributed by atoms with Crippen LogP contribution < -0.4 is 0 Å². The number of hydrogen-bond acceptors (Lipinski definition) is 1. The summed E-state index contributed by atoms with van der Waals surface area (Å²) in [5, 5.41) is 0. The van der Waals surface area contributed by atoms with Gasteiger partial charge in [-0.25, -0.2) is 8.78 Å². The first-order valence-electron chi connectivity index (χ1n) is 3.27. The molecular weight excluding hydrogens is 162 g/mol. The third-order valence-corrected chi connectivity index (χ3v) is 1.39. The fourth-order valence-corrected chi connectivity index (χ4v) is 0.835. The summed E-state index contributed by atoms with van der Waals surface area (Å²) < 4.78 is 25.6. The largest absolute Gasteiger partial charge is 0.289 e. The second-order valence-electron chi connectivity index (χ2n) is 2.17. The van der Waals surface area contributed by atoms with Crippen molar-refractivity contribution >= 4 is 5.78 Å². The van der Waals surface area contributed by atoms with E-state index >= 15 is 0 Å². The number of carbonyl (C=O) groups is 1. The summed E-state index contributed by atoms with van der Waals surface area (Å²) >= 11 is 0. The molecule has 0 fully saturated rings. The zero-order chi connectivity index (χ0) is 9.14. The molecule has 0 spiro atoms. The Balaban J connectivity index is 3.30. The van der Waals surface area contributed by atoms with E-state index in [1.165, 1.54) is 6.07 Å². The molecule has 0 aliphatic carbocycles. The van der Waals surface area contributed by atoms with Gasteiger partial charge in [0.25, 0.3) is 0 Å². The monoisotopic (exact) mass is 168 g/mol. The van der Waals surface area contributed by atoms with Gasteiger partial charge in [-0.2, -0.15) is 0 Å². The summed E-state index contributed by atoms with van der Waals surface area (Å²) in [5.74, 6) is -2.47. The highest BCUT2D eigenvalue weighted by molar-refractivity contribution is 6.04. The van der Waals surface area contributed by atoms with E-state index in [2.05, 4.69) is 6.58 Å². The number of rotatable bonds is 2. The molecule has 62 valence electrons. The van der Waals surface area contributed by atoms with Crippen molar-refractivity contribution < 1.29 is 13.6 Å². The van der Waals surface area contributed by atoms with Gasteiger partial charge >= 0.3 is 0 Å². The summed E-state index contributed by atoms with van der Waals surface area (Å²) in [5.41, 5.74) is -0.549. The van der Waals surface area contributed by atoms with Gasteiger partial charge in [0.2, 0.25) is 0 Å². The number of ketones is 1. The highest BCUT2D eigenvalue weighted by atomic mass is 19.1. The first kappa shape index (κ1) is 8.59. The molecule has 0 saturated carbocycles. The Morgan fingerprint density at radius 1 is 1.33 bits per heavy atom. The van der Waals surface area contributed by atoms with Crippen molar-refractivity contribution in [3.05, 3.63) is 48.1 Å². The Hall–Kier alpha value is -1.51. The van der Waals surface area contributed by atoms with Gasteiger partial charge in [0.05, 0.1) is 5.56 Å². The molecule has 0 aliphatic heterocycles. The van der Waals surface area contributed by atoms with E-state index in [-0.39, 0.29) is 0 Å². The van der Waals surface area contributed by atoms with Crippen molar-refractivity contribution in [1.29, 1.82) is 0 Å². The van der Waals surface area contributed by atoms with Crippen LogP contribution in [0.1, 0.15) is 10.4 Å². The Morgan fingerprint density at radius 3 is 2.25 bits per heavy atom. The summed E-state index contributed by atoms with van der Waals surface area (Å²) in [6.45, 7) is 3.14. The van der Waals surface area contributed by atoms with Gasteiger partial charge in [-0.15, -0.1) is 0 Å². The zero-order valence-corrected chi connectivity index (χ0v) is 6.18. The molecule has 0 heterocycles. The molecule has 1 aromatic carbocycles. The molecule has 0 aliphatic rings. The number of benzene rings is 1. The zero-order valence-electron chi connectivity index (χ0n) is 6.18. The van der Waals surface area contributed by atoms with Gasteiger partial charge in [0.15, 0.2) is 5.78 Å². The first-order chi connectivity index (χ1) is 5.66. The fraction of sp³-hybridized carbons (Fsp3) is 0.